The van der Waals surface area contributed by atoms with Crippen LogP contribution in [-0.4, -0.2) is 13.7 Å². The van der Waals surface area contributed by atoms with Crippen LogP contribution in [0, 0.1) is 6.07 Å². The van der Waals surface area contributed by atoms with Gasteiger partial charge < -0.3 is 4.74 Å². The predicted octanol–water partition coefficient (Wildman–Crippen LogP) is 4.36. The Morgan fingerprint density at radius 3 is 2.74 bits per heavy atom. The monoisotopic (exact) mass is 271 g/mol. The van der Waals surface area contributed by atoms with Crippen LogP contribution in [0.15, 0.2) is 53.4 Å². The van der Waals surface area contributed by atoms with Gasteiger partial charge in [-0.3, -0.25) is 0 Å². The van der Waals surface area contributed by atoms with Crippen LogP contribution in [0.4, 0.5) is 0 Å². The molecule has 0 saturated heterocycles. The standard InChI is InChI=1S/C17H19OS/c1-18-13-7-11-16-10-5-6-12-17(16)19-14-15-8-3-2-4-9-15/h2-6,8-10H,7,11,13-14H2,1H3. The highest BCUT2D eigenvalue weighted by Crippen LogP contribution is 2.26. The van der Waals surface area contributed by atoms with Gasteiger partial charge in [0, 0.05) is 24.4 Å². The molecule has 99 valence electrons. The maximum Gasteiger partial charge on any atom is 0.0465 e. The summed E-state index contributed by atoms with van der Waals surface area (Å²) in [6.07, 6.45) is 2.12. The van der Waals surface area contributed by atoms with E-state index in [1.54, 1.807) is 7.11 Å². The van der Waals surface area contributed by atoms with Crippen molar-refractivity contribution in [2.45, 2.75) is 23.5 Å². The molecule has 0 atom stereocenters. The fourth-order valence-corrected chi connectivity index (χ4v) is 2.93. The van der Waals surface area contributed by atoms with E-state index in [0.29, 0.717) is 0 Å². The first kappa shape index (κ1) is 14.2. The first-order valence-corrected chi connectivity index (χ1v) is 7.54. The molecule has 0 spiro atoms. The van der Waals surface area contributed by atoms with Crippen LogP contribution in [0.5, 0.6) is 0 Å². The molecule has 0 saturated carbocycles. The molecule has 0 heterocycles. The Morgan fingerprint density at radius 1 is 1.11 bits per heavy atom. The van der Waals surface area contributed by atoms with Crippen LogP contribution in [0.2, 0.25) is 0 Å². The van der Waals surface area contributed by atoms with Crippen molar-refractivity contribution in [3.8, 4) is 0 Å². The van der Waals surface area contributed by atoms with Gasteiger partial charge in [0.15, 0.2) is 0 Å². The van der Waals surface area contributed by atoms with Crippen LogP contribution < -0.4 is 0 Å². The van der Waals surface area contributed by atoms with Crippen molar-refractivity contribution >= 4 is 11.8 Å². The van der Waals surface area contributed by atoms with Crippen LogP contribution in [0.1, 0.15) is 17.5 Å². The van der Waals surface area contributed by atoms with Gasteiger partial charge in [-0.1, -0.05) is 48.5 Å². The van der Waals surface area contributed by atoms with Crippen LogP contribution in [-0.2, 0) is 16.9 Å². The second-order valence-electron chi connectivity index (χ2n) is 4.40. The van der Waals surface area contributed by atoms with Gasteiger partial charge in [0.1, 0.15) is 0 Å². The maximum atomic E-state index is 5.12. The lowest BCUT2D eigenvalue weighted by atomic mass is 10.1. The van der Waals surface area contributed by atoms with E-state index in [4.69, 9.17) is 4.74 Å². The van der Waals surface area contributed by atoms with E-state index in [2.05, 4.69) is 48.5 Å². The summed E-state index contributed by atoms with van der Waals surface area (Å²) in [6.45, 7) is 0.817. The van der Waals surface area contributed by atoms with Gasteiger partial charge in [0.2, 0.25) is 0 Å². The zero-order valence-electron chi connectivity index (χ0n) is 11.3. The number of benzene rings is 2. The average molecular weight is 271 g/mol. The van der Waals surface area contributed by atoms with Crippen molar-refractivity contribution in [1.29, 1.82) is 0 Å². The second-order valence-corrected chi connectivity index (χ2v) is 5.38. The van der Waals surface area contributed by atoms with E-state index in [1.807, 2.05) is 17.8 Å². The molecule has 19 heavy (non-hydrogen) atoms. The molecular formula is C17H19OS. The molecule has 0 bridgehead atoms. The molecule has 0 aliphatic rings. The third-order valence-corrected chi connectivity index (χ3v) is 4.07. The van der Waals surface area contributed by atoms with Gasteiger partial charge >= 0.3 is 0 Å². The third kappa shape index (κ3) is 4.73. The van der Waals surface area contributed by atoms with Crippen molar-refractivity contribution in [2.75, 3.05) is 13.7 Å². The Labute approximate surface area is 120 Å². The van der Waals surface area contributed by atoms with Crippen LogP contribution in [0.25, 0.3) is 0 Å². The highest BCUT2D eigenvalue weighted by Gasteiger charge is 2.03. The van der Waals surface area contributed by atoms with Crippen LogP contribution in [0.3, 0.4) is 0 Å². The molecule has 2 aromatic rings. The highest BCUT2D eigenvalue weighted by atomic mass is 32.2. The molecule has 0 aromatic heterocycles. The summed E-state index contributed by atoms with van der Waals surface area (Å²) in [5.41, 5.74) is 2.73. The average Bonchev–Trinajstić information content (AvgIpc) is 2.48. The number of ether oxygens (including phenoxy) is 1. The van der Waals surface area contributed by atoms with E-state index in [0.717, 1.165) is 25.2 Å². The zero-order chi connectivity index (χ0) is 13.3. The molecule has 0 aliphatic heterocycles. The first-order valence-electron chi connectivity index (χ1n) is 6.55. The number of hydrogen-bond donors (Lipinski definition) is 0. The largest absolute Gasteiger partial charge is 0.385 e. The summed E-state index contributed by atoms with van der Waals surface area (Å²) in [4.78, 5) is 1.27. The molecule has 2 rings (SSSR count). The fourth-order valence-electron chi connectivity index (χ4n) is 1.92. The van der Waals surface area contributed by atoms with E-state index in [-0.39, 0.29) is 0 Å². The van der Waals surface area contributed by atoms with Gasteiger partial charge in [-0.05, 0) is 30.0 Å². The number of thioether (sulfide) groups is 1. The minimum atomic E-state index is 0.817. The van der Waals surface area contributed by atoms with Crippen molar-refractivity contribution < 1.29 is 4.74 Å². The topological polar surface area (TPSA) is 9.23 Å². The Kier molecular flexibility index (Phi) is 5.99. The third-order valence-electron chi connectivity index (χ3n) is 2.92. The molecule has 2 aromatic carbocycles. The summed E-state index contributed by atoms with van der Waals surface area (Å²) in [7, 11) is 1.75. The molecule has 2 heteroatoms. The van der Waals surface area contributed by atoms with E-state index in [1.165, 1.54) is 16.0 Å². The molecule has 0 aliphatic carbocycles. The van der Waals surface area contributed by atoms with Gasteiger partial charge in [-0.2, -0.15) is 0 Å². The lowest BCUT2D eigenvalue weighted by molar-refractivity contribution is 0.195. The lowest BCUT2D eigenvalue weighted by Gasteiger charge is -2.08. The smallest absolute Gasteiger partial charge is 0.0465 e. The Bertz CT molecular complexity index is 482. The summed E-state index contributed by atoms with van der Waals surface area (Å²) >= 11 is 1.86. The Hall–Kier alpha value is -1.25. The zero-order valence-corrected chi connectivity index (χ0v) is 12.1. The van der Waals surface area contributed by atoms with Crippen molar-refractivity contribution in [3.05, 3.63) is 65.7 Å². The number of rotatable bonds is 7. The van der Waals surface area contributed by atoms with Gasteiger partial charge in [-0.25, -0.2) is 0 Å². The van der Waals surface area contributed by atoms with Gasteiger partial charge in [0.25, 0.3) is 0 Å². The minimum Gasteiger partial charge on any atom is -0.385 e. The second kappa shape index (κ2) is 8.03. The van der Waals surface area contributed by atoms with E-state index in [9.17, 15) is 0 Å². The SMILES string of the molecule is COCCCc1ccc[c]c1SCc1ccccc1. The summed E-state index contributed by atoms with van der Waals surface area (Å²) in [5, 5.41) is 0. The maximum absolute atomic E-state index is 5.12. The quantitative estimate of drug-likeness (QED) is 0.546. The number of aryl methyl sites for hydroxylation is 1. The summed E-state index contributed by atoms with van der Waals surface area (Å²) < 4.78 is 5.12. The van der Waals surface area contributed by atoms with Gasteiger partial charge in [0.05, 0.1) is 0 Å². The molecule has 0 fully saturated rings. The van der Waals surface area contributed by atoms with Crippen molar-refractivity contribution in [1.82, 2.24) is 0 Å². The predicted molar refractivity (Wildman–Crippen MR) is 81.5 cm³/mol. The molecule has 0 unspecified atom stereocenters. The minimum absolute atomic E-state index is 0.817. The lowest BCUT2D eigenvalue weighted by Crippen LogP contribution is -1.94. The molecule has 0 N–H and O–H groups in total. The van der Waals surface area contributed by atoms with Crippen molar-refractivity contribution in [2.24, 2.45) is 0 Å². The molecular weight excluding hydrogens is 252 g/mol. The highest BCUT2D eigenvalue weighted by molar-refractivity contribution is 7.98. The number of methoxy groups -OCH3 is 1. The van der Waals surface area contributed by atoms with E-state index >= 15 is 0 Å². The van der Waals surface area contributed by atoms with E-state index < -0.39 is 0 Å². The Balaban J connectivity index is 1.95. The normalized spacial score (nSPS) is 10.6. The summed E-state index contributed by atoms with van der Waals surface area (Å²) in [6, 6.07) is 20.2. The van der Waals surface area contributed by atoms with Gasteiger partial charge in [-0.15, -0.1) is 11.8 Å². The molecule has 0 amide bonds. The fraction of sp³-hybridized carbons (Fsp3) is 0.294. The summed E-state index contributed by atoms with van der Waals surface area (Å²) in [5.74, 6) is 0.999. The molecule has 1 radical (unpaired) electrons. The molecule has 1 nitrogen and oxygen atoms in total. The Morgan fingerprint density at radius 2 is 1.95 bits per heavy atom. The van der Waals surface area contributed by atoms with Crippen LogP contribution >= 0.6 is 11.8 Å². The first-order chi connectivity index (χ1) is 9.40. The number of hydrogen-bond acceptors (Lipinski definition) is 2. The van der Waals surface area contributed by atoms with Crippen molar-refractivity contribution in [3.63, 3.8) is 0 Å².